The van der Waals surface area contributed by atoms with E-state index >= 15 is 0 Å². The van der Waals surface area contributed by atoms with Gasteiger partial charge in [-0.1, -0.05) is 0 Å². The molecule has 2 N–H and O–H groups in total. The molecule has 2 saturated heterocycles. The van der Waals surface area contributed by atoms with Gasteiger partial charge in [0.05, 0.1) is 13.2 Å². The van der Waals surface area contributed by atoms with Crippen molar-refractivity contribution in [1.82, 2.24) is 4.90 Å². The molecule has 0 aromatic heterocycles. The lowest BCUT2D eigenvalue weighted by molar-refractivity contribution is 0.157. The van der Waals surface area contributed by atoms with E-state index in [0.29, 0.717) is 17.9 Å². The van der Waals surface area contributed by atoms with Crippen LogP contribution in [0.3, 0.4) is 0 Å². The third-order valence-electron chi connectivity index (χ3n) is 3.65. The number of likely N-dealkylation sites (N-methyl/N-ethyl adjacent to an activating group) is 1. The summed E-state index contributed by atoms with van der Waals surface area (Å²) in [6.07, 6.45) is 2.58. The summed E-state index contributed by atoms with van der Waals surface area (Å²) in [6, 6.07) is 0.635. The summed E-state index contributed by atoms with van der Waals surface area (Å²) in [5.41, 5.74) is 5.80. The lowest BCUT2D eigenvalue weighted by Gasteiger charge is -2.27. The fraction of sp³-hybridized carbons (Fsp3) is 1.00. The predicted molar refractivity (Wildman–Crippen MR) is 52.5 cm³/mol. The second-order valence-electron chi connectivity index (χ2n) is 4.39. The standard InChI is InChI=1S/C10H20N2O/c1-12-4-2-3-8(5-11)9-6-13-7-10(9)12/h8-10H,2-7,11H2,1H3. The fourth-order valence-corrected chi connectivity index (χ4v) is 2.74. The van der Waals surface area contributed by atoms with Gasteiger partial charge in [-0.2, -0.15) is 0 Å². The number of fused-ring (bicyclic) bond motifs is 1. The highest BCUT2D eigenvalue weighted by Gasteiger charge is 2.37. The summed E-state index contributed by atoms with van der Waals surface area (Å²) in [5, 5.41) is 0. The Bertz CT molecular complexity index is 174. The van der Waals surface area contributed by atoms with E-state index in [4.69, 9.17) is 10.5 Å². The van der Waals surface area contributed by atoms with E-state index in [1.807, 2.05) is 0 Å². The van der Waals surface area contributed by atoms with Crippen LogP contribution in [0.25, 0.3) is 0 Å². The van der Waals surface area contributed by atoms with Gasteiger partial charge in [0.15, 0.2) is 0 Å². The first kappa shape index (κ1) is 9.44. The van der Waals surface area contributed by atoms with E-state index in [2.05, 4.69) is 11.9 Å². The number of hydrogen-bond donors (Lipinski definition) is 1. The van der Waals surface area contributed by atoms with Gasteiger partial charge < -0.3 is 15.4 Å². The van der Waals surface area contributed by atoms with E-state index in [-0.39, 0.29) is 0 Å². The smallest absolute Gasteiger partial charge is 0.0625 e. The summed E-state index contributed by atoms with van der Waals surface area (Å²) in [7, 11) is 2.21. The van der Waals surface area contributed by atoms with Crippen LogP contribution in [0.4, 0.5) is 0 Å². The number of hydrogen-bond acceptors (Lipinski definition) is 3. The average molecular weight is 184 g/mol. The van der Waals surface area contributed by atoms with Crippen molar-refractivity contribution in [1.29, 1.82) is 0 Å². The summed E-state index contributed by atoms with van der Waals surface area (Å²) >= 11 is 0. The highest BCUT2D eigenvalue weighted by atomic mass is 16.5. The van der Waals surface area contributed by atoms with Crippen molar-refractivity contribution in [2.75, 3.05) is 33.4 Å². The Morgan fingerprint density at radius 1 is 1.46 bits per heavy atom. The van der Waals surface area contributed by atoms with Crippen LogP contribution in [0.1, 0.15) is 12.8 Å². The van der Waals surface area contributed by atoms with Crippen LogP contribution in [0.15, 0.2) is 0 Å². The van der Waals surface area contributed by atoms with Crippen molar-refractivity contribution in [2.45, 2.75) is 18.9 Å². The molecule has 0 aromatic rings. The zero-order chi connectivity index (χ0) is 9.26. The molecule has 0 aliphatic carbocycles. The number of nitrogens with two attached hydrogens (primary N) is 1. The quantitative estimate of drug-likeness (QED) is 0.637. The topological polar surface area (TPSA) is 38.5 Å². The monoisotopic (exact) mass is 184 g/mol. The maximum Gasteiger partial charge on any atom is 0.0625 e. The number of rotatable bonds is 1. The minimum absolute atomic E-state index is 0.635. The van der Waals surface area contributed by atoms with Gasteiger partial charge in [0.25, 0.3) is 0 Å². The Kier molecular flexibility index (Phi) is 2.86. The van der Waals surface area contributed by atoms with Gasteiger partial charge in [-0.15, -0.1) is 0 Å². The largest absolute Gasteiger partial charge is 0.379 e. The lowest BCUT2D eigenvalue weighted by atomic mass is 9.86. The van der Waals surface area contributed by atoms with Gasteiger partial charge >= 0.3 is 0 Å². The molecule has 0 bridgehead atoms. The molecule has 76 valence electrons. The molecule has 3 heteroatoms. The van der Waals surface area contributed by atoms with Gasteiger partial charge in [0, 0.05) is 12.0 Å². The second kappa shape index (κ2) is 3.95. The van der Waals surface area contributed by atoms with E-state index < -0.39 is 0 Å². The predicted octanol–water partition coefficient (Wildman–Crippen LogP) is 0.302. The van der Waals surface area contributed by atoms with E-state index in [9.17, 15) is 0 Å². The van der Waals surface area contributed by atoms with E-state index in [1.165, 1.54) is 19.4 Å². The van der Waals surface area contributed by atoms with E-state index in [0.717, 1.165) is 19.8 Å². The molecule has 2 heterocycles. The van der Waals surface area contributed by atoms with Crippen LogP contribution < -0.4 is 5.73 Å². The van der Waals surface area contributed by atoms with Crippen LogP contribution in [0, 0.1) is 11.8 Å². The first-order valence-electron chi connectivity index (χ1n) is 5.31. The third kappa shape index (κ3) is 1.73. The van der Waals surface area contributed by atoms with Crippen LogP contribution in [0.2, 0.25) is 0 Å². The SMILES string of the molecule is CN1CCCC(CN)C2COCC21. The molecule has 0 saturated carbocycles. The second-order valence-corrected chi connectivity index (χ2v) is 4.39. The van der Waals surface area contributed by atoms with Crippen LogP contribution in [0.5, 0.6) is 0 Å². The highest BCUT2D eigenvalue weighted by molar-refractivity contribution is 4.89. The summed E-state index contributed by atoms with van der Waals surface area (Å²) in [4.78, 5) is 2.45. The zero-order valence-corrected chi connectivity index (χ0v) is 8.41. The first-order valence-corrected chi connectivity index (χ1v) is 5.31. The van der Waals surface area contributed by atoms with Crippen molar-refractivity contribution in [2.24, 2.45) is 17.6 Å². The molecule has 2 aliphatic heterocycles. The first-order chi connectivity index (χ1) is 6.33. The Hall–Kier alpha value is -0.120. The molecule has 13 heavy (non-hydrogen) atoms. The van der Waals surface area contributed by atoms with Crippen molar-refractivity contribution < 1.29 is 4.74 Å². The Balaban J connectivity index is 2.09. The maximum atomic E-state index is 5.80. The Labute approximate surface area is 80.2 Å². The zero-order valence-electron chi connectivity index (χ0n) is 8.41. The lowest BCUT2D eigenvalue weighted by Crippen LogP contribution is -2.39. The minimum atomic E-state index is 0.635. The number of ether oxygens (including phenoxy) is 1. The molecule has 0 amide bonds. The summed E-state index contributed by atoms with van der Waals surface area (Å²) < 4.78 is 5.55. The summed E-state index contributed by atoms with van der Waals surface area (Å²) in [5.74, 6) is 1.38. The van der Waals surface area contributed by atoms with Gasteiger partial charge in [-0.3, -0.25) is 0 Å². The molecule has 2 fully saturated rings. The van der Waals surface area contributed by atoms with Crippen molar-refractivity contribution in [3.05, 3.63) is 0 Å². The van der Waals surface area contributed by atoms with Gasteiger partial charge in [-0.05, 0) is 38.9 Å². The normalized spacial score (nSPS) is 41.5. The molecule has 3 nitrogen and oxygen atoms in total. The minimum Gasteiger partial charge on any atom is -0.379 e. The molecule has 2 rings (SSSR count). The van der Waals surface area contributed by atoms with Gasteiger partial charge in [0.1, 0.15) is 0 Å². The average Bonchev–Trinajstić information content (AvgIpc) is 2.55. The molecule has 0 spiro atoms. The molecule has 3 unspecified atom stereocenters. The van der Waals surface area contributed by atoms with Crippen LogP contribution >= 0.6 is 0 Å². The Morgan fingerprint density at radius 3 is 3.08 bits per heavy atom. The van der Waals surface area contributed by atoms with Crippen molar-refractivity contribution in [3.8, 4) is 0 Å². The highest BCUT2D eigenvalue weighted by Crippen LogP contribution is 2.31. The third-order valence-corrected chi connectivity index (χ3v) is 3.65. The molecule has 3 atom stereocenters. The summed E-state index contributed by atoms with van der Waals surface area (Å²) in [6.45, 7) is 3.88. The molecule has 0 radical (unpaired) electrons. The molecule has 2 aliphatic rings. The van der Waals surface area contributed by atoms with Gasteiger partial charge in [0.2, 0.25) is 0 Å². The molecular weight excluding hydrogens is 164 g/mol. The van der Waals surface area contributed by atoms with Crippen molar-refractivity contribution >= 4 is 0 Å². The molecular formula is C10H20N2O. The molecule has 0 aromatic carbocycles. The van der Waals surface area contributed by atoms with Crippen molar-refractivity contribution in [3.63, 3.8) is 0 Å². The number of nitrogens with zero attached hydrogens (tertiary/aromatic N) is 1. The fourth-order valence-electron chi connectivity index (χ4n) is 2.74. The Morgan fingerprint density at radius 2 is 2.31 bits per heavy atom. The maximum absolute atomic E-state index is 5.80. The van der Waals surface area contributed by atoms with E-state index in [1.54, 1.807) is 0 Å². The number of likely N-dealkylation sites (tertiary alicyclic amines) is 1. The van der Waals surface area contributed by atoms with Crippen LogP contribution in [-0.2, 0) is 4.74 Å². The van der Waals surface area contributed by atoms with Gasteiger partial charge in [-0.25, -0.2) is 0 Å². The van der Waals surface area contributed by atoms with Crippen LogP contribution in [-0.4, -0.2) is 44.3 Å².